The van der Waals surface area contributed by atoms with Crippen LogP contribution in [0.15, 0.2) is 61.8 Å². The highest BCUT2D eigenvalue weighted by molar-refractivity contribution is 5.80. The fraction of sp³-hybridized carbons (Fsp3) is 0.250. The second kappa shape index (κ2) is 9.44. The quantitative estimate of drug-likeness (QED) is 0.325. The Balaban J connectivity index is 1.50. The number of aromatic nitrogens is 5. The molecule has 1 aliphatic rings. The third-order valence-corrected chi connectivity index (χ3v) is 5.92. The van der Waals surface area contributed by atoms with E-state index in [1.807, 2.05) is 18.2 Å². The molecule has 174 valence electrons. The number of hydrogen-bond acceptors (Lipinski definition) is 8. The lowest BCUT2D eigenvalue weighted by Gasteiger charge is -2.27. The summed E-state index contributed by atoms with van der Waals surface area (Å²) in [5, 5.41) is 14.7. The molecule has 10 heteroatoms. The van der Waals surface area contributed by atoms with E-state index in [-0.39, 0.29) is 17.8 Å². The molecule has 0 spiro atoms. The predicted molar refractivity (Wildman–Crippen MR) is 131 cm³/mol. The average molecular weight is 460 g/mol. The molecule has 0 unspecified atom stereocenters. The lowest BCUT2D eigenvalue weighted by atomic mass is 9.92. The molecule has 1 aliphatic carbocycles. The summed E-state index contributed by atoms with van der Waals surface area (Å²) in [6, 6.07) is 7.80. The van der Waals surface area contributed by atoms with E-state index in [0.717, 1.165) is 43.3 Å². The van der Waals surface area contributed by atoms with Crippen LogP contribution in [-0.4, -0.2) is 36.6 Å². The van der Waals surface area contributed by atoms with Crippen molar-refractivity contribution in [3.63, 3.8) is 0 Å². The first kappa shape index (κ1) is 21.8. The minimum absolute atomic E-state index is 0.264. The molecule has 34 heavy (non-hydrogen) atoms. The molecule has 1 fully saturated rings. The van der Waals surface area contributed by atoms with E-state index in [9.17, 15) is 4.39 Å². The van der Waals surface area contributed by atoms with Gasteiger partial charge in [0, 0.05) is 42.4 Å². The number of rotatable bonds is 7. The normalized spacial score (nSPS) is 17.9. The van der Waals surface area contributed by atoms with Gasteiger partial charge in [0.1, 0.15) is 11.5 Å². The Kier molecular flexibility index (Phi) is 6.05. The molecule has 4 aromatic rings. The fourth-order valence-corrected chi connectivity index (χ4v) is 4.10. The highest BCUT2D eigenvalue weighted by Gasteiger charge is 2.20. The Morgan fingerprint density at radius 3 is 2.56 bits per heavy atom. The van der Waals surface area contributed by atoms with Crippen LogP contribution >= 0.6 is 0 Å². The van der Waals surface area contributed by atoms with Crippen LogP contribution in [0, 0.1) is 5.82 Å². The van der Waals surface area contributed by atoms with Gasteiger partial charge < -0.3 is 21.7 Å². The summed E-state index contributed by atoms with van der Waals surface area (Å²) >= 11 is 0. The minimum Gasteiger partial charge on any atom is -0.366 e. The van der Waals surface area contributed by atoms with Crippen LogP contribution in [0.2, 0.25) is 0 Å². The van der Waals surface area contributed by atoms with Crippen LogP contribution < -0.4 is 21.7 Å². The predicted octanol–water partition coefficient (Wildman–Crippen LogP) is 4.17. The highest BCUT2D eigenvalue weighted by Crippen LogP contribution is 2.28. The largest absolute Gasteiger partial charge is 0.366 e. The zero-order valence-corrected chi connectivity index (χ0v) is 18.6. The van der Waals surface area contributed by atoms with Gasteiger partial charge in [-0.3, -0.25) is 9.97 Å². The number of pyridine rings is 2. The van der Waals surface area contributed by atoms with E-state index in [0.29, 0.717) is 22.9 Å². The van der Waals surface area contributed by atoms with E-state index in [1.165, 1.54) is 6.20 Å². The zero-order valence-electron chi connectivity index (χ0n) is 18.6. The maximum Gasteiger partial charge on any atom is 0.178 e. The Morgan fingerprint density at radius 2 is 1.79 bits per heavy atom. The number of hydrogen-bond donors (Lipinski definition) is 4. The third-order valence-electron chi connectivity index (χ3n) is 5.92. The molecule has 4 aromatic heterocycles. The summed E-state index contributed by atoms with van der Waals surface area (Å²) in [4.78, 5) is 12.4. The summed E-state index contributed by atoms with van der Waals surface area (Å²) in [6.07, 6.45) is 11.7. The monoisotopic (exact) mass is 459 g/mol. The van der Waals surface area contributed by atoms with Gasteiger partial charge in [0.25, 0.3) is 0 Å². The molecule has 1 saturated carbocycles. The van der Waals surface area contributed by atoms with Crippen molar-refractivity contribution in [2.75, 3.05) is 16.0 Å². The number of halogens is 1. The first-order valence-electron chi connectivity index (χ1n) is 11.2. The molecule has 0 bridgehead atoms. The summed E-state index contributed by atoms with van der Waals surface area (Å²) in [6.45, 7) is 4.09. The smallest absolute Gasteiger partial charge is 0.178 e. The van der Waals surface area contributed by atoms with Gasteiger partial charge in [0.15, 0.2) is 11.5 Å². The zero-order chi connectivity index (χ0) is 23.5. The first-order valence-corrected chi connectivity index (χ1v) is 11.2. The van der Waals surface area contributed by atoms with Gasteiger partial charge in [0.2, 0.25) is 0 Å². The van der Waals surface area contributed by atoms with Crippen molar-refractivity contribution < 1.29 is 4.39 Å². The molecule has 0 saturated heterocycles. The number of nitrogens with one attached hydrogen (secondary N) is 3. The number of imidazole rings is 1. The standard InChI is InChI=1S/C24H26FN9/c1-15(30-20-8-11-28-13-19(20)25)22-14-29-24-21(31-18-6-9-27-10-7-18)12-23(33-34(22)24)32-17-4-2-16(26)3-5-17/h6-14,16-17H,1-5,26H2,(H,27,31)(H,28,30)(H,32,33). The lowest BCUT2D eigenvalue weighted by molar-refractivity contribution is 0.410. The van der Waals surface area contributed by atoms with Gasteiger partial charge in [-0.2, -0.15) is 0 Å². The van der Waals surface area contributed by atoms with Crippen LogP contribution in [0.25, 0.3) is 11.3 Å². The summed E-state index contributed by atoms with van der Waals surface area (Å²) in [5.41, 5.74) is 9.67. The molecule has 0 amide bonds. The Bertz CT molecular complexity index is 1300. The Hall–Kier alpha value is -4.05. The summed E-state index contributed by atoms with van der Waals surface area (Å²) in [7, 11) is 0. The van der Waals surface area contributed by atoms with Crippen molar-refractivity contribution in [1.29, 1.82) is 0 Å². The lowest BCUT2D eigenvalue weighted by Crippen LogP contribution is -2.33. The van der Waals surface area contributed by atoms with Crippen molar-refractivity contribution in [2.24, 2.45) is 5.73 Å². The van der Waals surface area contributed by atoms with E-state index in [2.05, 4.69) is 37.5 Å². The molecular weight excluding hydrogens is 433 g/mol. The molecule has 0 radical (unpaired) electrons. The van der Waals surface area contributed by atoms with Crippen LogP contribution in [-0.2, 0) is 0 Å². The first-order chi connectivity index (χ1) is 16.6. The SMILES string of the molecule is C=C(Nc1ccncc1F)c1cnc2c(Nc3ccncc3)cc(NC3CCC(N)CC3)nn12. The number of nitrogens with zero attached hydrogens (tertiary/aromatic N) is 5. The molecule has 9 nitrogen and oxygen atoms in total. The van der Waals surface area contributed by atoms with E-state index in [1.54, 1.807) is 29.2 Å². The van der Waals surface area contributed by atoms with Crippen LogP contribution in [0.4, 0.5) is 27.3 Å². The highest BCUT2D eigenvalue weighted by atomic mass is 19.1. The second-order valence-electron chi connectivity index (χ2n) is 8.40. The van der Waals surface area contributed by atoms with Gasteiger partial charge in [-0.05, 0) is 43.9 Å². The molecule has 5 N–H and O–H groups in total. The average Bonchev–Trinajstić information content (AvgIpc) is 3.27. The van der Waals surface area contributed by atoms with Crippen LogP contribution in [0.5, 0.6) is 0 Å². The topological polar surface area (TPSA) is 118 Å². The second-order valence-corrected chi connectivity index (χ2v) is 8.40. The Morgan fingerprint density at radius 1 is 1.03 bits per heavy atom. The van der Waals surface area contributed by atoms with E-state index in [4.69, 9.17) is 10.8 Å². The van der Waals surface area contributed by atoms with Gasteiger partial charge in [0.05, 0.1) is 29.5 Å². The number of anilines is 4. The Labute approximate surface area is 196 Å². The molecule has 5 rings (SSSR count). The van der Waals surface area contributed by atoms with Crippen LogP contribution in [0.3, 0.4) is 0 Å². The fourth-order valence-electron chi connectivity index (χ4n) is 4.10. The molecular formula is C24H26FN9. The van der Waals surface area contributed by atoms with Crippen molar-refractivity contribution in [1.82, 2.24) is 24.6 Å². The van der Waals surface area contributed by atoms with Crippen LogP contribution in [0.1, 0.15) is 31.4 Å². The molecule has 4 heterocycles. The number of nitrogens with two attached hydrogens (primary N) is 1. The van der Waals surface area contributed by atoms with Gasteiger partial charge in [-0.25, -0.2) is 13.9 Å². The van der Waals surface area contributed by atoms with Gasteiger partial charge >= 0.3 is 0 Å². The third kappa shape index (κ3) is 4.67. The van der Waals surface area contributed by atoms with Crippen molar-refractivity contribution >= 4 is 34.2 Å². The van der Waals surface area contributed by atoms with Crippen molar-refractivity contribution in [2.45, 2.75) is 37.8 Å². The van der Waals surface area contributed by atoms with Crippen molar-refractivity contribution in [3.8, 4) is 0 Å². The van der Waals surface area contributed by atoms with E-state index >= 15 is 0 Å². The number of fused-ring (bicyclic) bond motifs is 1. The summed E-state index contributed by atoms with van der Waals surface area (Å²) < 4.78 is 15.8. The van der Waals surface area contributed by atoms with Gasteiger partial charge in [-0.1, -0.05) is 6.58 Å². The van der Waals surface area contributed by atoms with E-state index < -0.39 is 5.82 Å². The molecule has 0 aromatic carbocycles. The maximum absolute atomic E-state index is 14.1. The minimum atomic E-state index is -0.469. The summed E-state index contributed by atoms with van der Waals surface area (Å²) in [5.74, 6) is 0.231. The van der Waals surface area contributed by atoms with Gasteiger partial charge in [-0.15, -0.1) is 5.10 Å². The van der Waals surface area contributed by atoms with Crippen molar-refractivity contribution in [3.05, 3.63) is 73.3 Å². The molecule has 0 atom stereocenters. The molecule has 0 aliphatic heterocycles. The maximum atomic E-state index is 14.1.